The zero-order chi connectivity index (χ0) is 22.0. The molecule has 0 saturated heterocycles. The summed E-state index contributed by atoms with van der Waals surface area (Å²) in [7, 11) is 0. The van der Waals surface area contributed by atoms with Crippen LogP contribution in [0, 0.1) is 11.7 Å². The van der Waals surface area contributed by atoms with Crippen LogP contribution in [0.1, 0.15) is 58.9 Å². The minimum atomic E-state index is -0.415. The number of benzene rings is 1. The van der Waals surface area contributed by atoms with Crippen LogP contribution in [0.3, 0.4) is 0 Å². The highest BCUT2D eigenvalue weighted by atomic mass is 35.5. The molecule has 0 radical (unpaired) electrons. The molecule has 0 amide bonds. The largest absolute Gasteiger partial charge is 0.466 e. The smallest absolute Gasteiger partial charge is 0.309 e. The van der Waals surface area contributed by atoms with Gasteiger partial charge in [-0.2, -0.15) is 0 Å². The molecule has 3 heterocycles. The molecule has 3 aliphatic rings. The second-order valence-corrected chi connectivity index (χ2v) is 9.88. The number of hydrogen-bond donors (Lipinski definition) is 0. The van der Waals surface area contributed by atoms with Crippen molar-refractivity contribution in [1.82, 2.24) is 14.8 Å². The van der Waals surface area contributed by atoms with Gasteiger partial charge in [0, 0.05) is 16.4 Å². The van der Waals surface area contributed by atoms with Crippen molar-refractivity contribution in [2.75, 3.05) is 6.61 Å². The van der Waals surface area contributed by atoms with E-state index in [0.717, 1.165) is 45.5 Å². The molecule has 1 aliphatic heterocycles. The lowest BCUT2D eigenvalue weighted by Gasteiger charge is -2.14. The Morgan fingerprint density at radius 2 is 2.12 bits per heavy atom. The van der Waals surface area contributed by atoms with Gasteiger partial charge in [0.05, 0.1) is 28.8 Å². The number of carbonyl (C=O) groups excluding carboxylic acids is 1. The lowest BCUT2D eigenvalue weighted by atomic mass is 9.97. The van der Waals surface area contributed by atoms with Gasteiger partial charge in [-0.3, -0.25) is 14.4 Å². The number of fused-ring (bicyclic) bond motifs is 5. The van der Waals surface area contributed by atoms with Crippen LogP contribution in [0.25, 0.3) is 5.00 Å². The molecule has 1 atom stereocenters. The molecule has 1 fully saturated rings. The average molecular weight is 471 g/mol. The van der Waals surface area contributed by atoms with Gasteiger partial charge in [-0.05, 0) is 50.3 Å². The van der Waals surface area contributed by atoms with E-state index in [-0.39, 0.29) is 18.4 Å². The number of esters is 1. The minimum Gasteiger partial charge on any atom is -0.466 e. The first-order chi connectivity index (χ1) is 15.6. The fraction of sp³-hybridized carbons (Fsp3) is 0.391. The second kappa shape index (κ2) is 7.49. The number of thiophene rings is 1. The molecular formula is C23H20ClFN4O2S. The Labute approximate surface area is 193 Å². The number of ether oxygens (including phenoxy) is 1. The molecule has 2 aliphatic carbocycles. The van der Waals surface area contributed by atoms with Crippen molar-refractivity contribution in [1.29, 1.82) is 0 Å². The van der Waals surface area contributed by atoms with Crippen LogP contribution >= 0.6 is 22.9 Å². The standard InChI is InChI=1S/C23H20ClFN4O2S/c1-2-31-23(30)12-8-13-16(9-12)32-22-18(13)20(19-14(24)4-3-5-15(19)25)26-10-17-27-28-21(29(17)22)11-6-7-11/h3-5,11-12H,2,6-10H2,1H3. The van der Waals surface area contributed by atoms with E-state index in [1.807, 2.05) is 6.92 Å². The number of hydrogen-bond acceptors (Lipinski definition) is 6. The van der Waals surface area contributed by atoms with Crippen molar-refractivity contribution in [2.24, 2.45) is 10.9 Å². The van der Waals surface area contributed by atoms with Crippen molar-refractivity contribution < 1.29 is 13.9 Å². The van der Waals surface area contributed by atoms with E-state index < -0.39 is 5.82 Å². The third-order valence-corrected chi connectivity index (χ3v) is 7.84. The molecule has 2 aromatic heterocycles. The summed E-state index contributed by atoms with van der Waals surface area (Å²) in [5.41, 5.74) is 2.70. The van der Waals surface area contributed by atoms with Gasteiger partial charge in [-0.15, -0.1) is 21.5 Å². The molecule has 1 aromatic carbocycles. The number of halogens is 2. The summed E-state index contributed by atoms with van der Waals surface area (Å²) >= 11 is 8.09. The highest BCUT2D eigenvalue weighted by Gasteiger charge is 2.40. The first-order valence-corrected chi connectivity index (χ1v) is 12.0. The Kier molecular flexibility index (Phi) is 4.69. The maximum Gasteiger partial charge on any atom is 0.309 e. The Morgan fingerprint density at radius 1 is 1.28 bits per heavy atom. The first-order valence-electron chi connectivity index (χ1n) is 10.8. The maximum absolute atomic E-state index is 15.0. The van der Waals surface area contributed by atoms with Gasteiger partial charge < -0.3 is 4.74 Å². The van der Waals surface area contributed by atoms with Crippen LogP contribution in [-0.2, 0) is 28.9 Å². The van der Waals surface area contributed by atoms with Gasteiger partial charge in [0.1, 0.15) is 23.2 Å². The predicted molar refractivity (Wildman–Crippen MR) is 119 cm³/mol. The Morgan fingerprint density at radius 3 is 2.88 bits per heavy atom. The minimum absolute atomic E-state index is 0.190. The van der Waals surface area contributed by atoms with Gasteiger partial charge >= 0.3 is 5.97 Å². The Bertz CT molecular complexity index is 1270. The molecule has 164 valence electrons. The average Bonchev–Trinajstić information content (AvgIpc) is 3.29. The normalized spacial score (nSPS) is 19.1. The molecular weight excluding hydrogens is 451 g/mol. The number of aromatic nitrogens is 3. The predicted octanol–water partition coefficient (Wildman–Crippen LogP) is 4.63. The first kappa shape index (κ1) is 20.1. The van der Waals surface area contributed by atoms with E-state index in [4.69, 9.17) is 21.3 Å². The summed E-state index contributed by atoms with van der Waals surface area (Å²) < 4.78 is 22.4. The zero-order valence-corrected chi connectivity index (χ0v) is 19.0. The van der Waals surface area contributed by atoms with Crippen molar-refractivity contribution in [3.05, 3.63) is 62.3 Å². The molecule has 32 heavy (non-hydrogen) atoms. The molecule has 3 aromatic rings. The fourth-order valence-corrected chi connectivity index (χ4v) is 6.36. The summed E-state index contributed by atoms with van der Waals surface area (Å²) in [5, 5.41) is 10.1. The summed E-state index contributed by atoms with van der Waals surface area (Å²) in [5.74, 6) is 1.25. The SMILES string of the molecule is CCOC(=O)C1Cc2sc3c(c2C1)C(c1c(F)cccc1Cl)=NCc1nnc(C2CC2)n1-3. The van der Waals surface area contributed by atoms with Crippen LogP contribution in [0.4, 0.5) is 4.39 Å². The molecule has 6 nitrogen and oxygen atoms in total. The van der Waals surface area contributed by atoms with E-state index in [0.29, 0.717) is 41.7 Å². The van der Waals surface area contributed by atoms with Crippen molar-refractivity contribution in [3.8, 4) is 5.00 Å². The topological polar surface area (TPSA) is 69.4 Å². The zero-order valence-electron chi connectivity index (χ0n) is 17.4. The van der Waals surface area contributed by atoms with Gasteiger partial charge in [-0.25, -0.2) is 4.39 Å². The highest BCUT2D eigenvalue weighted by molar-refractivity contribution is 7.15. The maximum atomic E-state index is 15.0. The lowest BCUT2D eigenvalue weighted by Crippen LogP contribution is -2.19. The molecule has 1 unspecified atom stereocenters. The summed E-state index contributed by atoms with van der Waals surface area (Å²) in [6.07, 6.45) is 3.34. The van der Waals surface area contributed by atoms with Crippen molar-refractivity contribution in [2.45, 2.75) is 45.1 Å². The molecule has 1 saturated carbocycles. The Balaban J connectivity index is 1.55. The summed E-state index contributed by atoms with van der Waals surface area (Å²) in [6, 6.07) is 4.67. The van der Waals surface area contributed by atoms with Crippen LogP contribution < -0.4 is 0 Å². The van der Waals surface area contributed by atoms with Crippen LogP contribution in [-0.4, -0.2) is 33.1 Å². The van der Waals surface area contributed by atoms with E-state index in [9.17, 15) is 4.79 Å². The van der Waals surface area contributed by atoms with Crippen LogP contribution in [0.2, 0.25) is 5.02 Å². The van der Waals surface area contributed by atoms with E-state index in [2.05, 4.69) is 14.8 Å². The van der Waals surface area contributed by atoms with Gasteiger partial charge in [0.15, 0.2) is 5.82 Å². The molecule has 0 bridgehead atoms. The van der Waals surface area contributed by atoms with Gasteiger partial charge in [-0.1, -0.05) is 17.7 Å². The van der Waals surface area contributed by atoms with Crippen LogP contribution in [0.5, 0.6) is 0 Å². The third-order valence-electron chi connectivity index (χ3n) is 6.29. The van der Waals surface area contributed by atoms with Gasteiger partial charge in [0.25, 0.3) is 0 Å². The second-order valence-electron chi connectivity index (χ2n) is 8.39. The van der Waals surface area contributed by atoms with E-state index >= 15 is 4.39 Å². The monoisotopic (exact) mass is 470 g/mol. The van der Waals surface area contributed by atoms with Gasteiger partial charge in [0.2, 0.25) is 0 Å². The highest BCUT2D eigenvalue weighted by Crippen LogP contribution is 2.47. The number of nitrogens with zero attached hydrogens (tertiary/aromatic N) is 4. The quantitative estimate of drug-likeness (QED) is 0.521. The molecule has 0 spiro atoms. The van der Waals surface area contributed by atoms with E-state index in [1.165, 1.54) is 6.07 Å². The third kappa shape index (κ3) is 3.03. The summed E-state index contributed by atoms with van der Waals surface area (Å²) in [4.78, 5) is 18.4. The number of rotatable bonds is 4. The number of carbonyl (C=O) groups is 1. The van der Waals surface area contributed by atoms with Crippen LogP contribution in [0.15, 0.2) is 23.2 Å². The lowest BCUT2D eigenvalue weighted by molar-refractivity contribution is -0.147. The molecule has 9 heteroatoms. The molecule has 6 rings (SSSR count). The summed E-state index contributed by atoms with van der Waals surface area (Å²) in [6.45, 7) is 2.46. The Hall–Kier alpha value is -2.58. The molecule has 0 N–H and O–H groups in total. The van der Waals surface area contributed by atoms with Crippen molar-refractivity contribution in [3.63, 3.8) is 0 Å². The fourth-order valence-electron chi connectivity index (χ4n) is 4.67. The number of aliphatic imine (C=N–C) groups is 1. The van der Waals surface area contributed by atoms with Crippen molar-refractivity contribution >= 4 is 34.6 Å². The van der Waals surface area contributed by atoms with E-state index in [1.54, 1.807) is 23.5 Å².